The molecule has 1 aliphatic heterocycles. The van der Waals surface area contributed by atoms with Gasteiger partial charge >= 0.3 is 0 Å². The van der Waals surface area contributed by atoms with Crippen LogP contribution in [0.4, 0.5) is 11.4 Å². The van der Waals surface area contributed by atoms with Gasteiger partial charge in [-0.3, -0.25) is 9.78 Å². The molecule has 144 valence electrons. The third kappa shape index (κ3) is 4.86. The van der Waals surface area contributed by atoms with E-state index in [9.17, 15) is 4.79 Å². The zero-order valence-corrected chi connectivity index (χ0v) is 16.8. The number of pyridine rings is 1. The van der Waals surface area contributed by atoms with Gasteiger partial charge in [0.15, 0.2) is 0 Å². The Morgan fingerprint density at radius 3 is 2.30 bits per heavy atom. The molecule has 1 saturated heterocycles. The van der Waals surface area contributed by atoms with Crippen LogP contribution in [0.5, 0.6) is 0 Å². The Kier molecular flexibility index (Phi) is 5.80. The molecule has 5 nitrogen and oxygen atoms in total. The summed E-state index contributed by atoms with van der Waals surface area (Å²) in [5.74, 6) is 0.0116. The number of anilines is 2. The topological polar surface area (TPSA) is 48.5 Å². The number of nitrogens with one attached hydrogen (secondary N) is 1. The molecule has 0 bridgehead atoms. The van der Waals surface area contributed by atoms with E-state index >= 15 is 0 Å². The summed E-state index contributed by atoms with van der Waals surface area (Å²) < 4.78 is 0. The number of nitrogens with zero attached hydrogens (tertiary/aromatic N) is 3. The summed E-state index contributed by atoms with van der Waals surface area (Å²) in [5, 5.41) is 3.38. The molecular formula is C22H30N4O. The molecule has 1 aromatic heterocycles. The maximum Gasteiger partial charge on any atom is 0.272 e. The van der Waals surface area contributed by atoms with Gasteiger partial charge in [-0.05, 0) is 41.8 Å². The number of hydrogen-bond donors (Lipinski definition) is 1. The highest BCUT2D eigenvalue weighted by molar-refractivity contribution is 5.93. The molecule has 1 fully saturated rings. The molecule has 2 heterocycles. The maximum absolute atomic E-state index is 12.8. The number of carbonyl (C=O) groups excluding carboxylic acids is 1. The molecule has 3 rings (SSSR count). The minimum atomic E-state index is 0.0116. The standard InChI is InChI=1S/C22H30N4O/c1-5-25-12-14-26(15-13-25)21(27)20-16-19(10-11-23-20)24-18-8-6-17(7-9-18)22(2,3)4/h6-11,16H,5,12-15H2,1-4H3,(H,23,24). The second kappa shape index (κ2) is 8.09. The number of benzene rings is 1. The van der Waals surface area contributed by atoms with Crippen LogP contribution in [0.25, 0.3) is 0 Å². The quantitative estimate of drug-likeness (QED) is 0.891. The van der Waals surface area contributed by atoms with Crippen LogP contribution in [0, 0.1) is 0 Å². The molecule has 2 aromatic rings. The molecule has 0 atom stereocenters. The molecule has 27 heavy (non-hydrogen) atoms. The van der Waals surface area contributed by atoms with E-state index in [4.69, 9.17) is 0 Å². The summed E-state index contributed by atoms with van der Waals surface area (Å²) in [4.78, 5) is 21.3. The molecule has 0 radical (unpaired) electrons. The lowest BCUT2D eigenvalue weighted by atomic mass is 9.87. The van der Waals surface area contributed by atoms with E-state index in [1.807, 2.05) is 17.0 Å². The Hall–Kier alpha value is -2.40. The number of aromatic nitrogens is 1. The predicted octanol–water partition coefficient (Wildman–Crippen LogP) is 3.90. The third-order valence-electron chi connectivity index (χ3n) is 5.13. The van der Waals surface area contributed by atoms with Crippen molar-refractivity contribution in [2.24, 2.45) is 0 Å². The lowest BCUT2D eigenvalue weighted by Crippen LogP contribution is -2.48. The Balaban J connectivity index is 1.67. The lowest BCUT2D eigenvalue weighted by molar-refractivity contribution is 0.0637. The van der Waals surface area contributed by atoms with Gasteiger partial charge in [-0.2, -0.15) is 0 Å². The fourth-order valence-corrected chi connectivity index (χ4v) is 3.27. The maximum atomic E-state index is 12.8. The second-order valence-corrected chi connectivity index (χ2v) is 8.11. The Morgan fingerprint density at radius 2 is 1.70 bits per heavy atom. The first-order valence-electron chi connectivity index (χ1n) is 9.72. The highest BCUT2D eigenvalue weighted by Gasteiger charge is 2.22. The van der Waals surface area contributed by atoms with Crippen molar-refractivity contribution in [1.29, 1.82) is 0 Å². The summed E-state index contributed by atoms with van der Waals surface area (Å²) in [7, 11) is 0. The molecule has 0 spiro atoms. The average molecular weight is 367 g/mol. The summed E-state index contributed by atoms with van der Waals surface area (Å²) in [6, 6.07) is 12.2. The van der Waals surface area contributed by atoms with Crippen LogP contribution in [0.2, 0.25) is 0 Å². The zero-order valence-electron chi connectivity index (χ0n) is 16.8. The van der Waals surface area contributed by atoms with Crippen LogP contribution in [0.1, 0.15) is 43.7 Å². The van der Waals surface area contributed by atoms with Crippen molar-refractivity contribution in [2.45, 2.75) is 33.1 Å². The van der Waals surface area contributed by atoms with Gasteiger partial charge in [0.25, 0.3) is 5.91 Å². The van der Waals surface area contributed by atoms with E-state index in [0.29, 0.717) is 5.69 Å². The predicted molar refractivity (Wildman–Crippen MR) is 111 cm³/mol. The van der Waals surface area contributed by atoms with Crippen LogP contribution in [-0.4, -0.2) is 53.4 Å². The summed E-state index contributed by atoms with van der Waals surface area (Å²) in [5.41, 5.74) is 3.81. The van der Waals surface area contributed by atoms with Crippen LogP contribution in [-0.2, 0) is 5.41 Å². The highest BCUT2D eigenvalue weighted by Crippen LogP contribution is 2.25. The minimum absolute atomic E-state index is 0.0116. The van der Waals surface area contributed by atoms with E-state index in [1.54, 1.807) is 6.20 Å². The van der Waals surface area contributed by atoms with Crippen molar-refractivity contribution in [2.75, 3.05) is 38.0 Å². The van der Waals surface area contributed by atoms with Crippen molar-refractivity contribution in [3.8, 4) is 0 Å². The highest BCUT2D eigenvalue weighted by atomic mass is 16.2. The number of likely N-dealkylation sites (N-methyl/N-ethyl adjacent to an activating group) is 1. The fraction of sp³-hybridized carbons (Fsp3) is 0.455. The summed E-state index contributed by atoms with van der Waals surface area (Å²) in [6.07, 6.45) is 1.70. The molecule has 1 aromatic carbocycles. The number of amides is 1. The number of hydrogen-bond acceptors (Lipinski definition) is 4. The number of carbonyl (C=O) groups is 1. The minimum Gasteiger partial charge on any atom is -0.355 e. The van der Waals surface area contributed by atoms with E-state index in [-0.39, 0.29) is 11.3 Å². The molecule has 5 heteroatoms. The van der Waals surface area contributed by atoms with Gasteiger partial charge in [0.1, 0.15) is 5.69 Å². The Morgan fingerprint density at radius 1 is 1.04 bits per heavy atom. The molecule has 0 aliphatic carbocycles. The Bertz CT molecular complexity index is 772. The van der Waals surface area contributed by atoms with Gasteiger partial charge in [0.05, 0.1) is 0 Å². The van der Waals surface area contributed by atoms with Gasteiger partial charge in [-0.15, -0.1) is 0 Å². The van der Waals surface area contributed by atoms with E-state index in [1.165, 1.54) is 5.56 Å². The normalized spacial score (nSPS) is 15.6. The zero-order chi connectivity index (χ0) is 19.4. The van der Waals surface area contributed by atoms with Crippen molar-refractivity contribution < 1.29 is 4.79 Å². The molecule has 0 saturated carbocycles. The monoisotopic (exact) mass is 366 g/mol. The van der Waals surface area contributed by atoms with Gasteiger partial charge in [-0.1, -0.05) is 39.8 Å². The smallest absolute Gasteiger partial charge is 0.272 e. The fourth-order valence-electron chi connectivity index (χ4n) is 3.27. The average Bonchev–Trinajstić information content (AvgIpc) is 2.67. The summed E-state index contributed by atoms with van der Waals surface area (Å²) in [6.45, 7) is 13.2. The molecular weight excluding hydrogens is 336 g/mol. The van der Waals surface area contributed by atoms with Crippen LogP contribution in [0.3, 0.4) is 0 Å². The van der Waals surface area contributed by atoms with Crippen molar-refractivity contribution >= 4 is 17.3 Å². The van der Waals surface area contributed by atoms with Crippen LogP contribution >= 0.6 is 0 Å². The van der Waals surface area contributed by atoms with Crippen LogP contribution < -0.4 is 5.32 Å². The van der Waals surface area contributed by atoms with E-state index < -0.39 is 0 Å². The molecule has 1 amide bonds. The van der Waals surface area contributed by atoms with Crippen molar-refractivity contribution in [1.82, 2.24) is 14.8 Å². The van der Waals surface area contributed by atoms with E-state index in [2.05, 4.69) is 67.2 Å². The molecule has 1 aliphatic rings. The first-order valence-corrected chi connectivity index (χ1v) is 9.72. The molecule has 1 N–H and O–H groups in total. The first-order chi connectivity index (χ1) is 12.9. The first kappa shape index (κ1) is 19.4. The molecule has 0 unspecified atom stereocenters. The Labute approximate surface area is 162 Å². The van der Waals surface area contributed by atoms with Gasteiger partial charge < -0.3 is 15.1 Å². The lowest BCUT2D eigenvalue weighted by Gasteiger charge is -2.33. The van der Waals surface area contributed by atoms with Crippen molar-refractivity contribution in [3.05, 3.63) is 53.9 Å². The second-order valence-electron chi connectivity index (χ2n) is 8.11. The SMILES string of the molecule is CCN1CCN(C(=O)c2cc(Nc3ccc(C(C)(C)C)cc3)ccn2)CC1. The number of rotatable bonds is 4. The summed E-state index contributed by atoms with van der Waals surface area (Å²) >= 11 is 0. The van der Waals surface area contributed by atoms with Crippen molar-refractivity contribution in [3.63, 3.8) is 0 Å². The number of piperazine rings is 1. The van der Waals surface area contributed by atoms with Gasteiger partial charge in [-0.25, -0.2) is 0 Å². The van der Waals surface area contributed by atoms with E-state index in [0.717, 1.165) is 44.1 Å². The van der Waals surface area contributed by atoms with Crippen LogP contribution in [0.15, 0.2) is 42.6 Å². The van der Waals surface area contributed by atoms with Gasteiger partial charge in [0, 0.05) is 43.8 Å². The largest absolute Gasteiger partial charge is 0.355 e. The third-order valence-corrected chi connectivity index (χ3v) is 5.13. The van der Waals surface area contributed by atoms with Gasteiger partial charge in [0.2, 0.25) is 0 Å².